The Bertz CT molecular complexity index is 1220. The van der Waals surface area contributed by atoms with Crippen LogP contribution < -0.4 is 10.5 Å². The molecule has 0 spiro atoms. The average Bonchev–Trinajstić information content (AvgIpc) is 3.39. The molecule has 1 aliphatic rings. The van der Waals surface area contributed by atoms with Crippen LogP contribution in [0.15, 0.2) is 55.1 Å². The first kappa shape index (κ1) is 23.0. The third-order valence-electron chi connectivity index (χ3n) is 5.53. The Morgan fingerprint density at radius 3 is 2.79 bits per heavy atom. The zero-order valence-electron chi connectivity index (χ0n) is 17.6. The maximum absolute atomic E-state index is 13.1. The molecule has 1 aromatic carbocycles. The minimum absolute atomic E-state index is 0.216. The van der Waals surface area contributed by atoms with Gasteiger partial charge in [0.1, 0.15) is 17.8 Å². The van der Waals surface area contributed by atoms with Gasteiger partial charge in [-0.05, 0) is 24.5 Å². The summed E-state index contributed by atoms with van der Waals surface area (Å²) in [6.45, 7) is 0.313. The average molecular weight is 473 g/mol. The summed E-state index contributed by atoms with van der Waals surface area (Å²) in [6.07, 6.45) is 4.58. The fourth-order valence-corrected chi connectivity index (χ4v) is 4.22. The largest absolute Gasteiger partial charge is 0.391 e. The predicted octanol–water partition coefficient (Wildman–Crippen LogP) is 0.724. The molecular weight excluding hydrogens is 448 g/mol. The third-order valence-corrected chi connectivity index (χ3v) is 5.99. The second-order valence-electron chi connectivity index (χ2n) is 7.85. The monoisotopic (exact) mass is 472 g/mol. The molecule has 1 saturated carbocycles. The van der Waals surface area contributed by atoms with Crippen LogP contribution in [-0.4, -0.2) is 57.8 Å². The van der Waals surface area contributed by atoms with Crippen molar-refractivity contribution in [2.45, 2.75) is 31.5 Å². The van der Waals surface area contributed by atoms with Gasteiger partial charge in [-0.15, -0.1) is 0 Å². The number of hydrogen-bond acceptors (Lipinski definition) is 9. The Balaban J connectivity index is 1.45. The normalized spacial score (nSPS) is 20.6. The van der Waals surface area contributed by atoms with E-state index >= 15 is 0 Å². The topological polar surface area (TPSA) is 162 Å². The van der Waals surface area contributed by atoms with Crippen molar-refractivity contribution in [2.75, 3.05) is 11.9 Å². The summed E-state index contributed by atoms with van der Waals surface area (Å²) in [5.41, 5.74) is 1.52. The molecule has 0 radical (unpaired) electrons. The van der Waals surface area contributed by atoms with E-state index in [2.05, 4.69) is 24.6 Å². The van der Waals surface area contributed by atoms with E-state index in [1.54, 1.807) is 16.9 Å². The number of rotatable bonds is 9. The van der Waals surface area contributed by atoms with Crippen molar-refractivity contribution in [1.29, 1.82) is 0 Å². The number of nitrogens with one attached hydrogen (secondary N) is 1. The van der Waals surface area contributed by atoms with E-state index in [1.165, 1.54) is 12.5 Å². The van der Waals surface area contributed by atoms with Crippen molar-refractivity contribution in [3.63, 3.8) is 0 Å². The highest BCUT2D eigenvalue weighted by Crippen LogP contribution is 2.30. The molecule has 0 bridgehead atoms. The number of carbonyl (C=O) groups excluding carboxylic acids is 1. The van der Waals surface area contributed by atoms with Crippen LogP contribution in [0.4, 0.5) is 5.82 Å². The summed E-state index contributed by atoms with van der Waals surface area (Å²) in [7, 11) is -4.08. The molecule has 4 N–H and O–H groups in total. The molecule has 3 unspecified atom stereocenters. The van der Waals surface area contributed by atoms with E-state index in [0.717, 1.165) is 5.56 Å². The van der Waals surface area contributed by atoms with Gasteiger partial charge in [-0.3, -0.25) is 13.7 Å². The number of nitrogens with zero attached hydrogens (tertiary/aromatic N) is 4. The zero-order chi connectivity index (χ0) is 23.4. The van der Waals surface area contributed by atoms with Gasteiger partial charge in [0, 0.05) is 18.3 Å². The molecule has 11 nitrogen and oxygen atoms in total. The number of aromatic nitrogens is 4. The molecule has 33 heavy (non-hydrogen) atoms. The summed E-state index contributed by atoms with van der Waals surface area (Å²) in [6, 6.07) is 10.9. The lowest BCUT2D eigenvalue weighted by Gasteiger charge is -2.21. The van der Waals surface area contributed by atoms with Gasteiger partial charge in [-0.2, -0.15) is 13.5 Å². The van der Waals surface area contributed by atoms with Gasteiger partial charge >= 0.3 is 10.3 Å². The van der Waals surface area contributed by atoms with E-state index in [-0.39, 0.29) is 29.5 Å². The quantitative estimate of drug-likeness (QED) is 0.381. The molecule has 0 aliphatic heterocycles. The van der Waals surface area contributed by atoms with Gasteiger partial charge in [0.2, 0.25) is 5.78 Å². The second-order valence-corrected chi connectivity index (χ2v) is 9.08. The molecular formula is C21H24N6O5S. The first-order valence-electron chi connectivity index (χ1n) is 10.3. The number of aliphatic hydroxyl groups is 1. The lowest BCUT2D eigenvalue weighted by atomic mass is 10.1. The van der Waals surface area contributed by atoms with E-state index in [0.29, 0.717) is 19.4 Å². The molecule has 4 rings (SSSR count). The first-order valence-corrected chi connectivity index (χ1v) is 11.8. The van der Waals surface area contributed by atoms with Crippen molar-refractivity contribution in [2.24, 2.45) is 11.1 Å². The number of hydrogen-bond donors (Lipinski definition) is 3. The molecule has 2 heterocycles. The molecule has 3 aromatic rings. The summed E-state index contributed by atoms with van der Waals surface area (Å²) in [4.78, 5) is 21.2. The Labute approximate surface area is 190 Å². The molecule has 2 aromatic heterocycles. The maximum Gasteiger partial charge on any atom is 0.333 e. The number of nitrogens with two attached hydrogens (primary N) is 1. The minimum Gasteiger partial charge on any atom is -0.391 e. The SMILES string of the molecule is NS(=O)(=O)OCC1CCC(Nc2ncncc2C(=O)c2ccn(Cc3ccccc3)n2)C1O. The summed E-state index contributed by atoms with van der Waals surface area (Å²) >= 11 is 0. The van der Waals surface area contributed by atoms with E-state index in [9.17, 15) is 18.3 Å². The van der Waals surface area contributed by atoms with Gasteiger partial charge in [0.25, 0.3) is 0 Å². The Hall–Kier alpha value is -3.19. The number of carbonyl (C=O) groups is 1. The van der Waals surface area contributed by atoms with E-state index in [4.69, 9.17) is 5.14 Å². The lowest BCUT2D eigenvalue weighted by Crippen LogP contribution is -2.35. The number of ketones is 1. The summed E-state index contributed by atoms with van der Waals surface area (Å²) in [5, 5.41) is 22.9. The minimum atomic E-state index is -4.08. The standard InChI is InChI=1S/C21H24N6O5S/c22-33(30,31)32-12-15-6-7-17(19(15)28)25-21-16(10-23-13-24-21)20(29)18-8-9-27(26-18)11-14-4-2-1-3-5-14/h1-5,8-10,13,15,17,19,28H,6-7,11-12H2,(H2,22,30,31)(H,23,24,25). The molecule has 12 heteroatoms. The van der Waals surface area contributed by atoms with Crippen LogP contribution in [0.5, 0.6) is 0 Å². The Morgan fingerprint density at radius 2 is 2.03 bits per heavy atom. The van der Waals surface area contributed by atoms with Gasteiger partial charge in [-0.25, -0.2) is 15.1 Å². The van der Waals surface area contributed by atoms with Crippen molar-refractivity contribution >= 4 is 21.9 Å². The molecule has 3 atom stereocenters. The Morgan fingerprint density at radius 1 is 1.24 bits per heavy atom. The third kappa shape index (κ3) is 5.79. The number of benzene rings is 1. The van der Waals surface area contributed by atoms with Crippen LogP contribution >= 0.6 is 0 Å². The molecule has 0 amide bonds. The molecule has 174 valence electrons. The molecule has 1 fully saturated rings. The molecule has 0 saturated heterocycles. The highest BCUT2D eigenvalue weighted by molar-refractivity contribution is 7.84. The van der Waals surface area contributed by atoms with Gasteiger partial charge in [-0.1, -0.05) is 30.3 Å². The predicted molar refractivity (Wildman–Crippen MR) is 118 cm³/mol. The van der Waals surface area contributed by atoms with Crippen LogP contribution in [-0.2, 0) is 21.0 Å². The van der Waals surface area contributed by atoms with Gasteiger partial charge in [0.15, 0.2) is 0 Å². The lowest BCUT2D eigenvalue weighted by molar-refractivity contribution is 0.0936. The van der Waals surface area contributed by atoms with Crippen LogP contribution in [0.3, 0.4) is 0 Å². The highest BCUT2D eigenvalue weighted by atomic mass is 32.2. The maximum atomic E-state index is 13.1. The Kier molecular flexibility index (Phi) is 6.79. The first-order chi connectivity index (χ1) is 15.8. The smallest absolute Gasteiger partial charge is 0.333 e. The molecule has 1 aliphatic carbocycles. The van der Waals surface area contributed by atoms with Crippen LogP contribution in [0.2, 0.25) is 0 Å². The van der Waals surface area contributed by atoms with Crippen LogP contribution in [0.25, 0.3) is 0 Å². The van der Waals surface area contributed by atoms with Crippen LogP contribution in [0, 0.1) is 5.92 Å². The van der Waals surface area contributed by atoms with Gasteiger partial charge in [0.05, 0.1) is 30.9 Å². The van der Waals surface area contributed by atoms with Crippen molar-refractivity contribution < 1.29 is 22.5 Å². The fourth-order valence-electron chi connectivity index (χ4n) is 3.85. The summed E-state index contributed by atoms with van der Waals surface area (Å²) in [5.74, 6) is -0.508. The van der Waals surface area contributed by atoms with E-state index in [1.807, 2.05) is 30.3 Å². The van der Waals surface area contributed by atoms with Crippen molar-refractivity contribution in [1.82, 2.24) is 19.7 Å². The van der Waals surface area contributed by atoms with Crippen molar-refractivity contribution in [3.8, 4) is 0 Å². The van der Waals surface area contributed by atoms with Crippen molar-refractivity contribution in [3.05, 3.63) is 71.9 Å². The second kappa shape index (κ2) is 9.75. The zero-order valence-corrected chi connectivity index (χ0v) is 18.4. The number of aliphatic hydroxyl groups excluding tert-OH is 1. The van der Waals surface area contributed by atoms with E-state index < -0.39 is 28.4 Å². The summed E-state index contributed by atoms with van der Waals surface area (Å²) < 4.78 is 28.3. The van der Waals surface area contributed by atoms with Crippen LogP contribution in [0.1, 0.15) is 34.5 Å². The fraction of sp³-hybridized carbons (Fsp3) is 0.333. The van der Waals surface area contributed by atoms with Gasteiger partial charge < -0.3 is 10.4 Å². The highest BCUT2D eigenvalue weighted by Gasteiger charge is 2.36. The number of anilines is 1.